The molecule has 98 valence electrons. The van der Waals surface area contributed by atoms with Gasteiger partial charge in [-0.1, -0.05) is 18.2 Å². The van der Waals surface area contributed by atoms with E-state index in [1.807, 2.05) is 18.2 Å². The Morgan fingerprint density at radius 3 is 2.50 bits per heavy atom. The van der Waals surface area contributed by atoms with Crippen molar-refractivity contribution in [1.82, 2.24) is 4.98 Å². The summed E-state index contributed by atoms with van der Waals surface area (Å²) in [4.78, 5) is 15.5. The third-order valence-electron chi connectivity index (χ3n) is 3.22. The summed E-state index contributed by atoms with van der Waals surface area (Å²) in [6.07, 6.45) is 3.48. The zero-order chi connectivity index (χ0) is 14.1. The van der Waals surface area contributed by atoms with Crippen molar-refractivity contribution >= 4 is 16.7 Å². The van der Waals surface area contributed by atoms with E-state index in [1.165, 1.54) is 0 Å². The molecule has 0 fully saturated rings. The van der Waals surface area contributed by atoms with Crippen molar-refractivity contribution < 1.29 is 9.90 Å². The number of nitrogens with two attached hydrogens (primary N) is 1. The molecule has 0 aliphatic rings. The average molecular weight is 264 g/mol. The summed E-state index contributed by atoms with van der Waals surface area (Å²) in [5, 5.41) is 11.2. The molecule has 20 heavy (non-hydrogen) atoms. The third-order valence-corrected chi connectivity index (χ3v) is 3.22. The topological polar surface area (TPSA) is 76.2 Å². The quantitative estimate of drug-likeness (QED) is 0.747. The highest BCUT2D eigenvalue weighted by Gasteiger charge is 2.07. The zero-order valence-electron chi connectivity index (χ0n) is 10.6. The summed E-state index contributed by atoms with van der Waals surface area (Å²) >= 11 is 0. The number of hydrogen-bond acceptors (Lipinski definition) is 3. The average Bonchev–Trinajstić information content (AvgIpc) is 2.47. The molecule has 4 heteroatoms. The number of phenolic OH excluding ortho intramolecular Hbond substituents is 1. The molecule has 0 radical (unpaired) electrons. The van der Waals surface area contributed by atoms with Gasteiger partial charge in [0.2, 0.25) is 5.91 Å². The molecule has 0 aliphatic heterocycles. The Morgan fingerprint density at radius 2 is 1.80 bits per heavy atom. The van der Waals surface area contributed by atoms with Gasteiger partial charge in [0.25, 0.3) is 0 Å². The van der Waals surface area contributed by atoms with Crippen LogP contribution in [-0.2, 0) is 0 Å². The summed E-state index contributed by atoms with van der Waals surface area (Å²) in [5.41, 5.74) is 7.60. The van der Waals surface area contributed by atoms with Gasteiger partial charge in [0.15, 0.2) is 0 Å². The number of fused-ring (bicyclic) bond motifs is 1. The lowest BCUT2D eigenvalue weighted by Crippen LogP contribution is -2.10. The predicted octanol–water partition coefficient (Wildman–Crippen LogP) is 2.71. The second-order valence-corrected chi connectivity index (χ2v) is 4.53. The lowest BCUT2D eigenvalue weighted by atomic mass is 9.99. The molecule has 4 nitrogen and oxygen atoms in total. The number of hydrogen-bond donors (Lipinski definition) is 2. The van der Waals surface area contributed by atoms with E-state index < -0.39 is 5.91 Å². The molecular formula is C16H12N2O2. The Hall–Kier alpha value is -2.88. The number of rotatable bonds is 2. The lowest BCUT2D eigenvalue weighted by molar-refractivity contribution is 0.100. The maximum absolute atomic E-state index is 11.3. The summed E-state index contributed by atoms with van der Waals surface area (Å²) in [7, 11) is 0. The SMILES string of the molecule is NC(=O)c1ccc2cncc(-c3ccc(O)cc3)c2c1. The van der Waals surface area contributed by atoms with Crippen molar-refractivity contribution in [3.8, 4) is 16.9 Å². The molecule has 0 saturated carbocycles. The Labute approximate surface area is 115 Å². The summed E-state index contributed by atoms with van der Waals surface area (Å²) in [5.74, 6) is -0.250. The fourth-order valence-corrected chi connectivity index (χ4v) is 2.19. The minimum atomic E-state index is -0.458. The summed E-state index contributed by atoms with van der Waals surface area (Å²) in [6.45, 7) is 0. The fraction of sp³-hybridized carbons (Fsp3) is 0. The number of carbonyl (C=O) groups excluding carboxylic acids is 1. The van der Waals surface area contributed by atoms with E-state index in [1.54, 1.807) is 36.7 Å². The number of nitrogens with zero attached hydrogens (tertiary/aromatic N) is 1. The summed E-state index contributed by atoms with van der Waals surface area (Å²) in [6, 6.07) is 12.1. The standard InChI is InChI=1S/C16H12N2O2/c17-16(20)11-1-2-12-8-18-9-15(14(12)7-11)10-3-5-13(19)6-4-10/h1-9,19H,(H2,17,20). The number of carbonyl (C=O) groups is 1. The maximum atomic E-state index is 11.3. The Morgan fingerprint density at radius 1 is 1.05 bits per heavy atom. The number of primary amides is 1. The van der Waals surface area contributed by atoms with Crippen molar-refractivity contribution in [2.45, 2.75) is 0 Å². The van der Waals surface area contributed by atoms with Crippen molar-refractivity contribution in [3.63, 3.8) is 0 Å². The van der Waals surface area contributed by atoms with Gasteiger partial charge < -0.3 is 10.8 Å². The van der Waals surface area contributed by atoms with Crippen LogP contribution >= 0.6 is 0 Å². The first-order valence-electron chi connectivity index (χ1n) is 6.12. The Kier molecular flexibility index (Phi) is 2.84. The van der Waals surface area contributed by atoms with E-state index in [4.69, 9.17) is 5.73 Å². The van der Waals surface area contributed by atoms with Crippen molar-refractivity contribution in [2.24, 2.45) is 5.73 Å². The maximum Gasteiger partial charge on any atom is 0.248 e. The first kappa shape index (κ1) is 12.2. The van der Waals surface area contributed by atoms with Gasteiger partial charge >= 0.3 is 0 Å². The minimum Gasteiger partial charge on any atom is -0.508 e. The molecule has 1 aromatic heterocycles. The number of phenols is 1. The largest absolute Gasteiger partial charge is 0.508 e. The second-order valence-electron chi connectivity index (χ2n) is 4.53. The molecule has 0 aliphatic carbocycles. The molecule has 3 N–H and O–H groups in total. The van der Waals surface area contributed by atoms with Crippen LogP contribution in [-0.4, -0.2) is 16.0 Å². The highest BCUT2D eigenvalue weighted by Crippen LogP contribution is 2.29. The van der Waals surface area contributed by atoms with Gasteiger partial charge in [-0.15, -0.1) is 0 Å². The number of aromatic hydroxyl groups is 1. The lowest BCUT2D eigenvalue weighted by Gasteiger charge is -2.07. The number of amides is 1. The smallest absolute Gasteiger partial charge is 0.248 e. The Bertz CT molecular complexity index is 795. The van der Waals surface area contributed by atoms with Crippen LogP contribution in [0.2, 0.25) is 0 Å². The van der Waals surface area contributed by atoms with Gasteiger partial charge in [0.1, 0.15) is 5.75 Å². The van der Waals surface area contributed by atoms with Crippen LogP contribution in [0.1, 0.15) is 10.4 Å². The van der Waals surface area contributed by atoms with Crippen molar-refractivity contribution in [1.29, 1.82) is 0 Å². The third kappa shape index (κ3) is 2.07. The van der Waals surface area contributed by atoms with E-state index >= 15 is 0 Å². The first-order valence-corrected chi connectivity index (χ1v) is 6.12. The van der Waals surface area contributed by atoms with E-state index in [9.17, 15) is 9.90 Å². The molecule has 1 heterocycles. The first-order chi connectivity index (χ1) is 9.65. The monoisotopic (exact) mass is 264 g/mol. The van der Waals surface area contributed by atoms with Gasteiger partial charge in [-0.25, -0.2) is 0 Å². The van der Waals surface area contributed by atoms with Crippen molar-refractivity contribution in [2.75, 3.05) is 0 Å². The second kappa shape index (κ2) is 4.66. The molecule has 1 amide bonds. The predicted molar refractivity (Wildman–Crippen MR) is 77.4 cm³/mol. The molecule has 0 spiro atoms. The number of aromatic nitrogens is 1. The van der Waals surface area contributed by atoms with Crippen LogP contribution in [0, 0.1) is 0 Å². The minimum absolute atomic E-state index is 0.208. The van der Waals surface area contributed by atoms with E-state index in [-0.39, 0.29) is 5.75 Å². The number of pyridine rings is 1. The molecule has 0 unspecified atom stereocenters. The molecule has 0 bridgehead atoms. The van der Waals surface area contributed by atoms with E-state index in [2.05, 4.69) is 4.98 Å². The molecule has 3 rings (SSSR count). The van der Waals surface area contributed by atoms with Crippen LogP contribution in [0.3, 0.4) is 0 Å². The van der Waals surface area contributed by atoms with Crippen LogP contribution in [0.15, 0.2) is 54.9 Å². The van der Waals surface area contributed by atoms with Crippen LogP contribution in [0.25, 0.3) is 21.9 Å². The van der Waals surface area contributed by atoms with Crippen molar-refractivity contribution in [3.05, 3.63) is 60.4 Å². The number of benzene rings is 2. The molecule has 0 saturated heterocycles. The van der Waals surface area contributed by atoms with Crippen LogP contribution in [0.4, 0.5) is 0 Å². The molecule has 0 atom stereocenters. The highest BCUT2D eigenvalue weighted by molar-refractivity contribution is 6.02. The van der Waals surface area contributed by atoms with Gasteiger partial charge in [-0.3, -0.25) is 9.78 Å². The van der Waals surface area contributed by atoms with Gasteiger partial charge in [0.05, 0.1) is 0 Å². The van der Waals surface area contributed by atoms with Gasteiger partial charge in [-0.05, 0) is 35.2 Å². The highest BCUT2D eigenvalue weighted by atomic mass is 16.3. The van der Waals surface area contributed by atoms with Crippen LogP contribution in [0.5, 0.6) is 5.75 Å². The molecular weight excluding hydrogens is 252 g/mol. The fourth-order valence-electron chi connectivity index (χ4n) is 2.19. The normalized spacial score (nSPS) is 10.6. The zero-order valence-corrected chi connectivity index (χ0v) is 10.6. The summed E-state index contributed by atoms with van der Waals surface area (Å²) < 4.78 is 0. The van der Waals surface area contributed by atoms with Gasteiger partial charge in [-0.2, -0.15) is 0 Å². The van der Waals surface area contributed by atoms with E-state index in [0.717, 1.165) is 21.9 Å². The van der Waals surface area contributed by atoms with E-state index in [0.29, 0.717) is 5.56 Å². The molecule has 2 aromatic carbocycles. The molecule has 3 aromatic rings. The van der Waals surface area contributed by atoms with Gasteiger partial charge in [0, 0.05) is 28.9 Å². The Balaban J connectivity index is 2.26. The van der Waals surface area contributed by atoms with Crippen LogP contribution < -0.4 is 5.73 Å².